The van der Waals surface area contributed by atoms with E-state index in [-0.39, 0.29) is 6.04 Å². The van der Waals surface area contributed by atoms with E-state index in [1.165, 1.54) is 4.31 Å². The van der Waals surface area contributed by atoms with Crippen molar-refractivity contribution in [2.75, 3.05) is 13.1 Å². The molecule has 1 aromatic carbocycles. The maximum Gasteiger partial charge on any atom is 0.244 e. The lowest BCUT2D eigenvalue weighted by Gasteiger charge is -2.25. The first-order valence-electron chi connectivity index (χ1n) is 7.27. The Balaban J connectivity index is 3.36. The minimum Gasteiger partial charge on any atom is -0.313 e. The second-order valence-electron chi connectivity index (χ2n) is 5.31. The molecule has 6 heteroatoms. The predicted molar refractivity (Wildman–Crippen MR) is 91.0 cm³/mol. The zero-order chi connectivity index (χ0) is 16.2. The topological polar surface area (TPSA) is 49.4 Å². The molecule has 0 heterocycles. The van der Waals surface area contributed by atoms with Crippen molar-refractivity contribution in [2.24, 2.45) is 0 Å². The average molecular weight is 377 g/mol. The second-order valence-corrected chi connectivity index (χ2v) is 7.96. The lowest BCUT2D eigenvalue weighted by Crippen LogP contribution is -2.37. The Bertz CT molecular complexity index is 586. The van der Waals surface area contributed by atoms with Crippen molar-refractivity contribution in [3.63, 3.8) is 0 Å². The van der Waals surface area contributed by atoms with Crippen molar-refractivity contribution in [3.05, 3.63) is 27.7 Å². The molecule has 0 aromatic heterocycles. The molecule has 0 bridgehead atoms. The molecule has 1 aromatic rings. The van der Waals surface area contributed by atoms with E-state index in [4.69, 9.17) is 0 Å². The first-order chi connectivity index (χ1) is 9.75. The van der Waals surface area contributed by atoms with Gasteiger partial charge < -0.3 is 5.32 Å². The van der Waals surface area contributed by atoms with Crippen LogP contribution in [0.2, 0.25) is 0 Å². The molecule has 0 aliphatic heterocycles. The summed E-state index contributed by atoms with van der Waals surface area (Å²) in [6.45, 7) is 11.6. The number of benzene rings is 1. The molecular weight excluding hydrogens is 352 g/mol. The molecule has 120 valence electrons. The van der Waals surface area contributed by atoms with E-state index in [0.29, 0.717) is 22.5 Å². The molecule has 0 radical (unpaired) electrons. The van der Waals surface area contributed by atoms with E-state index in [9.17, 15) is 8.42 Å². The molecule has 0 aliphatic carbocycles. The molecule has 1 rings (SSSR count). The number of hydrogen-bond acceptors (Lipinski definition) is 3. The van der Waals surface area contributed by atoms with Gasteiger partial charge in [-0.2, -0.15) is 4.31 Å². The van der Waals surface area contributed by atoms with E-state index in [1.807, 2.05) is 40.7 Å². The van der Waals surface area contributed by atoms with Crippen molar-refractivity contribution in [1.82, 2.24) is 9.62 Å². The van der Waals surface area contributed by atoms with Crippen LogP contribution in [-0.2, 0) is 16.6 Å². The fourth-order valence-electron chi connectivity index (χ4n) is 2.31. The number of hydrogen-bond donors (Lipinski definition) is 1. The van der Waals surface area contributed by atoms with Crippen LogP contribution in [-0.4, -0.2) is 31.9 Å². The molecule has 4 nitrogen and oxygen atoms in total. The summed E-state index contributed by atoms with van der Waals surface area (Å²) in [5.41, 5.74) is 1.92. The lowest BCUT2D eigenvalue weighted by molar-refractivity contribution is 0.369. The lowest BCUT2D eigenvalue weighted by atomic mass is 10.1. The first-order valence-corrected chi connectivity index (χ1v) is 9.50. The SMILES string of the molecule is CCNCc1cc(C)c(Br)c(S(=O)(=O)N(CC)C(C)C)c1. The Morgan fingerprint density at radius 3 is 2.38 bits per heavy atom. The third-order valence-corrected chi connectivity index (χ3v) is 6.82. The van der Waals surface area contributed by atoms with Gasteiger partial charge in [-0.1, -0.05) is 19.9 Å². The normalized spacial score (nSPS) is 12.4. The highest BCUT2D eigenvalue weighted by Gasteiger charge is 2.28. The molecule has 0 spiro atoms. The molecule has 0 saturated carbocycles. The number of nitrogens with zero attached hydrogens (tertiary/aromatic N) is 1. The van der Waals surface area contributed by atoms with Gasteiger partial charge in [0.1, 0.15) is 0 Å². The van der Waals surface area contributed by atoms with E-state index >= 15 is 0 Å². The van der Waals surface area contributed by atoms with Crippen molar-refractivity contribution < 1.29 is 8.42 Å². The summed E-state index contributed by atoms with van der Waals surface area (Å²) in [6.07, 6.45) is 0. The van der Waals surface area contributed by atoms with Crippen LogP contribution < -0.4 is 5.32 Å². The third-order valence-electron chi connectivity index (χ3n) is 3.33. The Morgan fingerprint density at radius 1 is 1.29 bits per heavy atom. The summed E-state index contributed by atoms with van der Waals surface area (Å²) >= 11 is 3.44. The van der Waals surface area contributed by atoms with Gasteiger partial charge in [-0.25, -0.2) is 8.42 Å². The van der Waals surface area contributed by atoms with E-state index in [0.717, 1.165) is 17.7 Å². The van der Waals surface area contributed by atoms with Crippen LogP contribution in [0.4, 0.5) is 0 Å². The first kappa shape index (κ1) is 18.6. The largest absolute Gasteiger partial charge is 0.313 e. The van der Waals surface area contributed by atoms with Crippen LogP contribution >= 0.6 is 15.9 Å². The highest BCUT2D eigenvalue weighted by Crippen LogP contribution is 2.30. The van der Waals surface area contributed by atoms with Gasteiger partial charge in [0.15, 0.2) is 0 Å². The molecule has 1 N–H and O–H groups in total. The molecule has 0 fully saturated rings. The number of aryl methyl sites for hydroxylation is 1. The number of rotatable bonds is 7. The zero-order valence-corrected chi connectivity index (χ0v) is 15.8. The van der Waals surface area contributed by atoms with Gasteiger partial charge in [0.25, 0.3) is 0 Å². The van der Waals surface area contributed by atoms with Gasteiger partial charge in [0.05, 0.1) is 4.90 Å². The maximum atomic E-state index is 12.9. The predicted octanol–water partition coefficient (Wildman–Crippen LogP) is 3.29. The van der Waals surface area contributed by atoms with Gasteiger partial charge >= 0.3 is 0 Å². The van der Waals surface area contributed by atoms with Crippen LogP contribution in [0, 0.1) is 6.92 Å². The van der Waals surface area contributed by atoms with E-state index < -0.39 is 10.0 Å². The highest BCUT2D eigenvalue weighted by molar-refractivity contribution is 9.10. The second kappa shape index (κ2) is 7.72. The summed E-state index contributed by atoms with van der Waals surface area (Å²) in [5, 5.41) is 3.23. The number of sulfonamides is 1. The molecular formula is C15H25BrN2O2S. The Morgan fingerprint density at radius 2 is 1.90 bits per heavy atom. The van der Waals surface area contributed by atoms with Crippen LogP contribution in [0.1, 0.15) is 38.8 Å². The Kier molecular flexibility index (Phi) is 6.84. The molecule has 21 heavy (non-hydrogen) atoms. The summed E-state index contributed by atoms with van der Waals surface area (Å²) < 4.78 is 27.9. The van der Waals surface area contributed by atoms with Gasteiger partial charge in [0, 0.05) is 23.6 Å². The minimum absolute atomic E-state index is 0.0652. The van der Waals surface area contributed by atoms with Gasteiger partial charge in [-0.3, -0.25) is 0 Å². The van der Waals surface area contributed by atoms with Crippen LogP contribution in [0.5, 0.6) is 0 Å². The molecule has 0 aliphatic rings. The summed E-state index contributed by atoms with van der Waals surface area (Å²) in [7, 11) is -3.49. The Labute approximate surface area is 137 Å². The Hall–Kier alpha value is -0.430. The van der Waals surface area contributed by atoms with E-state index in [1.54, 1.807) is 6.07 Å². The third kappa shape index (κ3) is 4.28. The summed E-state index contributed by atoms with van der Waals surface area (Å²) in [4.78, 5) is 0.353. The van der Waals surface area contributed by atoms with Crippen molar-refractivity contribution in [2.45, 2.75) is 52.1 Å². The van der Waals surface area contributed by atoms with Crippen molar-refractivity contribution in [3.8, 4) is 0 Å². The molecule has 0 saturated heterocycles. The summed E-state index contributed by atoms with van der Waals surface area (Å²) in [5.74, 6) is 0. The maximum absolute atomic E-state index is 12.9. The quantitative estimate of drug-likeness (QED) is 0.793. The van der Waals surface area contributed by atoms with Crippen molar-refractivity contribution >= 4 is 26.0 Å². The van der Waals surface area contributed by atoms with Gasteiger partial charge in [-0.15, -0.1) is 0 Å². The molecule has 0 atom stereocenters. The highest BCUT2D eigenvalue weighted by atomic mass is 79.9. The smallest absolute Gasteiger partial charge is 0.244 e. The van der Waals surface area contributed by atoms with Crippen LogP contribution in [0.25, 0.3) is 0 Å². The minimum atomic E-state index is -3.49. The van der Waals surface area contributed by atoms with Crippen LogP contribution in [0.15, 0.2) is 21.5 Å². The fourth-order valence-corrected chi connectivity index (χ4v) is 4.99. The zero-order valence-electron chi connectivity index (χ0n) is 13.4. The molecule has 0 unspecified atom stereocenters. The monoisotopic (exact) mass is 376 g/mol. The summed E-state index contributed by atoms with van der Waals surface area (Å²) in [6, 6.07) is 3.71. The standard InChI is InChI=1S/C15H25BrN2O2S/c1-6-17-10-13-8-12(5)15(16)14(9-13)21(19,20)18(7-2)11(3)4/h8-9,11,17H,6-7,10H2,1-5H3. The number of halogens is 1. The van der Waals surface area contributed by atoms with Gasteiger partial charge in [-0.05, 0) is 60.4 Å². The molecule has 0 amide bonds. The van der Waals surface area contributed by atoms with Crippen molar-refractivity contribution in [1.29, 1.82) is 0 Å². The average Bonchev–Trinajstić information content (AvgIpc) is 2.39. The van der Waals surface area contributed by atoms with Gasteiger partial charge in [0.2, 0.25) is 10.0 Å². The van der Waals surface area contributed by atoms with E-state index in [2.05, 4.69) is 21.2 Å². The van der Waals surface area contributed by atoms with Crippen LogP contribution in [0.3, 0.4) is 0 Å². The number of nitrogens with one attached hydrogen (secondary N) is 1. The fraction of sp³-hybridized carbons (Fsp3) is 0.600.